The summed E-state index contributed by atoms with van der Waals surface area (Å²) in [5, 5.41) is 7.10. The second-order valence-corrected chi connectivity index (χ2v) is 4.93. The van der Waals surface area contributed by atoms with Gasteiger partial charge in [0.15, 0.2) is 0 Å². The molecule has 1 amide bonds. The Morgan fingerprint density at radius 2 is 2.00 bits per heavy atom. The van der Waals surface area contributed by atoms with Crippen molar-refractivity contribution in [3.8, 4) is 5.69 Å². The summed E-state index contributed by atoms with van der Waals surface area (Å²) in [5.41, 5.74) is 5.54. The quantitative estimate of drug-likeness (QED) is 0.891. The van der Waals surface area contributed by atoms with Crippen LogP contribution in [0.1, 0.15) is 18.9 Å². The van der Waals surface area contributed by atoms with Gasteiger partial charge in [0.25, 0.3) is 0 Å². The number of benzene rings is 1. The fourth-order valence-electron chi connectivity index (χ4n) is 1.98. The van der Waals surface area contributed by atoms with Crippen LogP contribution in [0.3, 0.4) is 0 Å². The van der Waals surface area contributed by atoms with Crippen molar-refractivity contribution >= 4 is 11.6 Å². The predicted octanol–water partition coefficient (Wildman–Crippen LogP) is 2.57. The van der Waals surface area contributed by atoms with Gasteiger partial charge in [-0.25, -0.2) is 4.68 Å². The van der Waals surface area contributed by atoms with Gasteiger partial charge in [-0.15, -0.1) is 0 Å². The molecular formula is C14H15F3N4O. The molecule has 8 heteroatoms. The lowest BCUT2D eigenvalue weighted by Gasteiger charge is -2.11. The summed E-state index contributed by atoms with van der Waals surface area (Å²) < 4.78 is 39.0. The van der Waals surface area contributed by atoms with Crippen molar-refractivity contribution in [2.75, 3.05) is 5.32 Å². The first-order chi connectivity index (χ1) is 10.3. The monoisotopic (exact) mass is 312 g/mol. The molecule has 2 aromatic rings. The first-order valence-electron chi connectivity index (χ1n) is 6.53. The maximum absolute atomic E-state index is 12.5. The first-order valence-corrected chi connectivity index (χ1v) is 6.53. The Morgan fingerprint density at radius 1 is 1.36 bits per heavy atom. The molecule has 5 nitrogen and oxygen atoms in total. The Morgan fingerprint density at radius 3 is 2.55 bits per heavy atom. The highest BCUT2D eigenvalue weighted by Gasteiger charge is 2.30. The molecule has 1 aromatic heterocycles. The van der Waals surface area contributed by atoms with Gasteiger partial charge >= 0.3 is 6.18 Å². The van der Waals surface area contributed by atoms with Gasteiger partial charge in [-0.3, -0.25) is 4.79 Å². The molecule has 0 aliphatic rings. The number of hydrogen-bond donors (Lipinski definition) is 2. The number of hydrogen-bond acceptors (Lipinski definition) is 3. The molecule has 0 fully saturated rings. The van der Waals surface area contributed by atoms with E-state index in [0.717, 1.165) is 12.1 Å². The standard InChI is InChI=1S/C14H15F3N4O/c1-9(6-13(18)22)20-11-7-19-21(8-11)12-4-2-10(3-5-12)14(15,16)17/h2-5,7-9,20H,6H2,1H3,(H2,18,22)/t9-/m1/s1. The summed E-state index contributed by atoms with van der Waals surface area (Å²) >= 11 is 0. The number of carbonyl (C=O) groups is 1. The van der Waals surface area contributed by atoms with Crippen LogP contribution >= 0.6 is 0 Å². The van der Waals surface area contributed by atoms with Gasteiger partial charge in [-0.05, 0) is 31.2 Å². The third-order valence-electron chi connectivity index (χ3n) is 2.96. The number of anilines is 1. The highest BCUT2D eigenvalue weighted by molar-refractivity contribution is 5.74. The van der Waals surface area contributed by atoms with E-state index >= 15 is 0 Å². The summed E-state index contributed by atoms with van der Waals surface area (Å²) in [6, 6.07) is 4.51. The SMILES string of the molecule is C[C@H](CC(N)=O)Nc1cnn(-c2ccc(C(F)(F)F)cc2)c1. The number of nitrogens with one attached hydrogen (secondary N) is 1. The Hall–Kier alpha value is -2.51. The number of alkyl halides is 3. The lowest BCUT2D eigenvalue weighted by Crippen LogP contribution is -2.23. The molecule has 1 heterocycles. The average molecular weight is 312 g/mol. The van der Waals surface area contributed by atoms with E-state index in [1.165, 1.54) is 23.0 Å². The molecule has 0 bridgehead atoms. The van der Waals surface area contributed by atoms with E-state index in [1.807, 2.05) is 0 Å². The molecule has 0 spiro atoms. The van der Waals surface area contributed by atoms with Crippen molar-refractivity contribution in [2.24, 2.45) is 5.73 Å². The number of primary amides is 1. The fraction of sp³-hybridized carbons (Fsp3) is 0.286. The molecule has 0 unspecified atom stereocenters. The number of carbonyl (C=O) groups excluding carboxylic acids is 1. The average Bonchev–Trinajstić information content (AvgIpc) is 2.85. The number of nitrogens with two attached hydrogens (primary N) is 1. The highest BCUT2D eigenvalue weighted by Crippen LogP contribution is 2.29. The topological polar surface area (TPSA) is 72.9 Å². The Balaban J connectivity index is 2.09. The van der Waals surface area contributed by atoms with Crippen molar-refractivity contribution in [2.45, 2.75) is 25.6 Å². The number of aromatic nitrogens is 2. The minimum absolute atomic E-state index is 0.164. The number of nitrogens with zero attached hydrogens (tertiary/aromatic N) is 2. The molecule has 1 aromatic carbocycles. The van der Waals surface area contributed by atoms with Gasteiger partial charge in [0.05, 0.1) is 29.3 Å². The van der Waals surface area contributed by atoms with Crippen LogP contribution in [0.15, 0.2) is 36.7 Å². The zero-order valence-electron chi connectivity index (χ0n) is 11.8. The lowest BCUT2D eigenvalue weighted by atomic mass is 10.2. The van der Waals surface area contributed by atoms with Crippen LogP contribution < -0.4 is 11.1 Å². The molecule has 0 saturated heterocycles. The van der Waals surface area contributed by atoms with E-state index in [4.69, 9.17) is 5.73 Å². The Labute approximate surface area is 124 Å². The fourth-order valence-corrected chi connectivity index (χ4v) is 1.98. The summed E-state index contributed by atoms with van der Waals surface area (Å²) in [6.45, 7) is 1.79. The third-order valence-corrected chi connectivity index (χ3v) is 2.96. The van der Waals surface area contributed by atoms with Gasteiger partial charge in [-0.1, -0.05) is 0 Å². The molecule has 0 saturated carbocycles. The van der Waals surface area contributed by atoms with E-state index in [9.17, 15) is 18.0 Å². The van der Waals surface area contributed by atoms with Crippen molar-refractivity contribution in [3.63, 3.8) is 0 Å². The molecule has 0 radical (unpaired) electrons. The van der Waals surface area contributed by atoms with Crippen LogP contribution in [0.25, 0.3) is 5.69 Å². The van der Waals surface area contributed by atoms with Crippen LogP contribution in [-0.4, -0.2) is 21.7 Å². The molecule has 3 N–H and O–H groups in total. The summed E-state index contributed by atoms with van der Waals surface area (Å²) in [6.07, 6.45) is -1.04. The Kier molecular flexibility index (Phi) is 4.39. The zero-order valence-corrected chi connectivity index (χ0v) is 11.8. The summed E-state index contributed by atoms with van der Waals surface area (Å²) in [7, 11) is 0. The minimum atomic E-state index is -4.36. The van der Waals surface area contributed by atoms with Crippen LogP contribution in [0.5, 0.6) is 0 Å². The zero-order chi connectivity index (χ0) is 16.3. The highest BCUT2D eigenvalue weighted by atomic mass is 19.4. The predicted molar refractivity (Wildman–Crippen MR) is 75.5 cm³/mol. The number of halogens is 3. The van der Waals surface area contributed by atoms with Crippen molar-refractivity contribution in [3.05, 3.63) is 42.2 Å². The maximum atomic E-state index is 12.5. The summed E-state index contributed by atoms with van der Waals surface area (Å²) in [5.74, 6) is -0.421. The molecule has 118 valence electrons. The smallest absolute Gasteiger partial charge is 0.380 e. The van der Waals surface area contributed by atoms with Gasteiger partial charge < -0.3 is 11.1 Å². The summed E-state index contributed by atoms with van der Waals surface area (Å²) in [4.78, 5) is 10.8. The van der Waals surface area contributed by atoms with Gasteiger partial charge in [0, 0.05) is 12.5 Å². The third kappa shape index (κ3) is 4.00. The van der Waals surface area contributed by atoms with Gasteiger partial charge in [0.2, 0.25) is 5.91 Å². The van der Waals surface area contributed by atoms with Crippen molar-refractivity contribution in [1.29, 1.82) is 0 Å². The van der Waals surface area contributed by atoms with Gasteiger partial charge in [-0.2, -0.15) is 18.3 Å². The molecular weight excluding hydrogens is 297 g/mol. The second kappa shape index (κ2) is 6.08. The van der Waals surface area contributed by atoms with Crippen LogP contribution in [0.4, 0.5) is 18.9 Å². The Bertz CT molecular complexity index is 649. The van der Waals surface area contributed by atoms with E-state index in [-0.39, 0.29) is 12.5 Å². The second-order valence-electron chi connectivity index (χ2n) is 4.93. The normalized spacial score (nSPS) is 12.9. The van der Waals surface area contributed by atoms with Crippen molar-refractivity contribution in [1.82, 2.24) is 9.78 Å². The molecule has 0 aliphatic carbocycles. The van der Waals surface area contributed by atoms with E-state index in [2.05, 4.69) is 10.4 Å². The molecule has 1 atom stereocenters. The maximum Gasteiger partial charge on any atom is 0.416 e. The van der Waals surface area contributed by atoms with Crippen molar-refractivity contribution < 1.29 is 18.0 Å². The van der Waals surface area contributed by atoms with Crippen LogP contribution in [-0.2, 0) is 11.0 Å². The van der Waals surface area contributed by atoms with E-state index in [1.54, 1.807) is 13.1 Å². The lowest BCUT2D eigenvalue weighted by molar-refractivity contribution is -0.137. The number of amides is 1. The van der Waals surface area contributed by atoms with Crippen LogP contribution in [0, 0.1) is 0 Å². The van der Waals surface area contributed by atoms with E-state index < -0.39 is 17.6 Å². The minimum Gasteiger partial charge on any atom is -0.380 e. The largest absolute Gasteiger partial charge is 0.416 e. The first kappa shape index (κ1) is 15.9. The molecule has 22 heavy (non-hydrogen) atoms. The van der Waals surface area contributed by atoms with E-state index in [0.29, 0.717) is 11.4 Å². The molecule has 0 aliphatic heterocycles. The van der Waals surface area contributed by atoms with Gasteiger partial charge in [0.1, 0.15) is 0 Å². The molecule has 2 rings (SSSR count). The van der Waals surface area contributed by atoms with Crippen LogP contribution in [0.2, 0.25) is 0 Å². The number of rotatable bonds is 5.